The van der Waals surface area contributed by atoms with E-state index in [1.165, 1.54) is 0 Å². The molecular weight excluding hydrogens is 278 g/mol. The van der Waals surface area contributed by atoms with E-state index in [0.717, 1.165) is 24.0 Å². The van der Waals surface area contributed by atoms with Gasteiger partial charge in [-0.25, -0.2) is 4.79 Å². The molecule has 1 fully saturated rings. The topological polar surface area (TPSA) is 52.7 Å². The van der Waals surface area contributed by atoms with Crippen molar-refractivity contribution in [1.29, 1.82) is 0 Å². The third kappa shape index (κ3) is 4.00. The molecule has 1 saturated heterocycles. The predicted octanol–water partition coefficient (Wildman–Crippen LogP) is 2.26. The SMILES string of the molecule is CCCNC(=O)N1CCCN(C(=O)c2ccccc2C)CC1. The Balaban J connectivity index is 1.97. The lowest BCUT2D eigenvalue weighted by atomic mass is 10.1. The maximum absolute atomic E-state index is 12.6. The van der Waals surface area contributed by atoms with E-state index in [2.05, 4.69) is 5.32 Å². The van der Waals surface area contributed by atoms with Crippen LogP contribution >= 0.6 is 0 Å². The fourth-order valence-electron chi connectivity index (χ4n) is 2.65. The number of amides is 3. The van der Waals surface area contributed by atoms with Crippen LogP contribution in [0.4, 0.5) is 4.79 Å². The molecule has 2 rings (SSSR count). The van der Waals surface area contributed by atoms with Crippen molar-refractivity contribution in [3.05, 3.63) is 35.4 Å². The monoisotopic (exact) mass is 303 g/mol. The molecule has 0 aliphatic carbocycles. The van der Waals surface area contributed by atoms with Crippen molar-refractivity contribution in [3.63, 3.8) is 0 Å². The average Bonchev–Trinajstić information content (AvgIpc) is 2.78. The van der Waals surface area contributed by atoms with Crippen LogP contribution < -0.4 is 5.32 Å². The molecule has 1 aliphatic heterocycles. The van der Waals surface area contributed by atoms with Crippen molar-refractivity contribution < 1.29 is 9.59 Å². The summed E-state index contributed by atoms with van der Waals surface area (Å²) in [7, 11) is 0. The van der Waals surface area contributed by atoms with Gasteiger partial charge in [-0.1, -0.05) is 25.1 Å². The summed E-state index contributed by atoms with van der Waals surface area (Å²) in [6.07, 6.45) is 1.74. The second kappa shape index (κ2) is 7.82. The molecule has 0 aromatic heterocycles. The lowest BCUT2D eigenvalue weighted by Crippen LogP contribution is -2.42. The van der Waals surface area contributed by atoms with Crippen LogP contribution in [-0.2, 0) is 0 Å². The lowest BCUT2D eigenvalue weighted by Gasteiger charge is -2.23. The highest BCUT2D eigenvalue weighted by Crippen LogP contribution is 2.13. The molecule has 1 aromatic carbocycles. The van der Waals surface area contributed by atoms with E-state index in [0.29, 0.717) is 32.7 Å². The summed E-state index contributed by atoms with van der Waals surface area (Å²) in [5.74, 6) is 0.0638. The molecular formula is C17H25N3O2. The Hall–Kier alpha value is -2.04. The molecule has 1 N–H and O–H groups in total. The van der Waals surface area contributed by atoms with Crippen molar-refractivity contribution in [2.45, 2.75) is 26.7 Å². The minimum Gasteiger partial charge on any atom is -0.338 e. The van der Waals surface area contributed by atoms with E-state index < -0.39 is 0 Å². The first-order valence-corrected chi connectivity index (χ1v) is 8.01. The van der Waals surface area contributed by atoms with E-state index in [1.54, 1.807) is 4.90 Å². The first-order chi connectivity index (χ1) is 10.6. The Morgan fingerprint density at radius 1 is 1.09 bits per heavy atom. The van der Waals surface area contributed by atoms with Gasteiger partial charge in [0.15, 0.2) is 0 Å². The molecule has 5 nitrogen and oxygen atoms in total. The van der Waals surface area contributed by atoms with Crippen LogP contribution in [0, 0.1) is 6.92 Å². The fraction of sp³-hybridized carbons (Fsp3) is 0.529. The molecule has 0 bridgehead atoms. The third-order valence-corrected chi connectivity index (χ3v) is 3.97. The maximum atomic E-state index is 12.6. The second-order valence-electron chi connectivity index (χ2n) is 5.68. The summed E-state index contributed by atoms with van der Waals surface area (Å²) in [5, 5.41) is 2.90. The number of urea groups is 1. The van der Waals surface area contributed by atoms with Gasteiger partial charge in [-0.3, -0.25) is 4.79 Å². The van der Waals surface area contributed by atoms with Gasteiger partial charge in [0.25, 0.3) is 5.91 Å². The van der Waals surface area contributed by atoms with Crippen LogP contribution in [-0.4, -0.2) is 54.5 Å². The third-order valence-electron chi connectivity index (χ3n) is 3.97. The minimum absolute atomic E-state index is 0.0213. The summed E-state index contributed by atoms with van der Waals surface area (Å²) in [6, 6.07) is 7.63. The van der Waals surface area contributed by atoms with Crippen molar-refractivity contribution in [3.8, 4) is 0 Å². The molecule has 22 heavy (non-hydrogen) atoms. The quantitative estimate of drug-likeness (QED) is 0.931. The number of rotatable bonds is 3. The van der Waals surface area contributed by atoms with E-state index in [4.69, 9.17) is 0 Å². The first-order valence-electron chi connectivity index (χ1n) is 8.01. The molecule has 0 unspecified atom stereocenters. The van der Waals surface area contributed by atoms with Crippen LogP contribution in [0.2, 0.25) is 0 Å². The molecule has 1 heterocycles. The summed E-state index contributed by atoms with van der Waals surface area (Å²) in [4.78, 5) is 28.3. The molecule has 0 atom stereocenters. The highest BCUT2D eigenvalue weighted by atomic mass is 16.2. The van der Waals surface area contributed by atoms with E-state index in [-0.39, 0.29) is 11.9 Å². The summed E-state index contributed by atoms with van der Waals surface area (Å²) >= 11 is 0. The summed E-state index contributed by atoms with van der Waals surface area (Å²) in [6.45, 7) is 7.26. The number of carbonyl (C=O) groups is 2. The zero-order valence-corrected chi connectivity index (χ0v) is 13.5. The molecule has 0 radical (unpaired) electrons. The number of nitrogens with zero attached hydrogens (tertiary/aromatic N) is 2. The first kappa shape index (κ1) is 16.3. The number of carbonyl (C=O) groups excluding carboxylic acids is 2. The smallest absolute Gasteiger partial charge is 0.317 e. The summed E-state index contributed by atoms with van der Waals surface area (Å²) < 4.78 is 0. The van der Waals surface area contributed by atoms with E-state index in [9.17, 15) is 9.59 Å². The number of nitrogens with one attached hydrogen (secondary N) is 1. The Bertz CT molecular complexity index is 530. The zero-order chi connectivity index (χ0) is 15.9. The van der Waals surface area contributed by atoms with E-state index >= 15 is 0 Å². The van der Waals surface area contributed by atoms with Gasteiger partial charge >= 0.3 is 6.03 Å². The van der Waals surface area contributed by atoms with Crippen LogP contribution in [0.3, 0.4) is 0 Å². The molecule has 0 saturated carbocycles. The van der Waals surface area contributed by atoms with Crippen molar-refractivity contribution >= 4 is 11.9 Å². The molecule has 3 amide bonds. The van der Waals surface area contributed by atoms with Gasteiger partial charge in [-0.15, -0.1) is 0 Å². The second-order valence-corrected chi connectivity index (χ2v) is 5.68. The highest BCUT2D eigenvalue weighted by molar-refractivity contribution is 5.95. The van der Waals surface area contributed by atoms with Gasteiger partial charge < -0.3 is 15.1 Å². The number of aryl methyl sites for hydroxylation is 1. The molecule has 120 valence electrons. The minimum atomic E-state index is -0.0213. The molecule has 0 spiro atoms. The van der Waals surface area contributed by atoms with Crippen LogP contribution in [0.25, 0.3) is 0 Å². The normalized spacial score (nSPS) is 15.4. The van der Waals surface area contributed by atoms with Crippen molar-refractivity contribution in [2.24, 2.45) is 0 Å². The van der Waals surface area contributed by atoms with Gasteiger partial charge in [0.05, 0.1) is 0 Å². The van der Waals surface area contributed by atoms with Crippen molar-refractivity contribution in [2.75, 3.05) is 32.7 Å². The van der Waals surface area contributed by atoms with Crippen molar-refractivity contribution in [1.82, 2.24) is 15.1 Å². The van der Waals surface area contributed by atoms with Gasteiger partial charge in [0.2, 0.25) is 0 Å². The standard InChI is InChI=1S/C17H25N3O2/c1-3-9-18-17(22)20-11-6-10-19(12-13-20)16(21)15-8-5-4-7-14(15)2/h4-5,7-8H,3,6,9-13H2,1-2H3,(H,18,22). The number of benzene rings is 1. The van der Waals surface area contributed by atoms with Gasteiger partial charge in [-0.2, -0.15) is 0 Å². The molecule has 1 aliphatic rings. The molecule has 5 heteroatoms. The number of hydrogen-bond donors (Lipinski definition) is 1. The van der Waals surface area contributed by atoms with Crippen LogP contribution in [0.5, 0.6) is 0 Å². The van der Waals surface area contributed by atoms with Crippen LogP contribution in [0.15, 0.2) is 24.3 Å². The van der Waals surface area contributed by atoms with Gasteiger partial charge in [-0.05, 0) is 31.4 Å². The van der Waals surface area contributed by atoms with Gasteiger partial charge in [0.1, 0.15) is 0 Å². The van der Waals surface area contributed by atoms with Crippen LogP contribution in [0.1, 0.15) is 35.7 Å². The number of hydrogen-bond acceptors (Lipinski definition) is 2. The van der Waals surface area contributed by atoms with E-state index in [1.807, 2.05) is 43.0 Å². The predicted molar refractivity (Wildman–Crippen MR) is 87.0 cm³/mol. The average molecular weight is 303 g/mol. The highest BCUT2D eigenvalue weighted by Gasteiger charge is 2.23. The lowest BCUT2D eigenvalue weighted by molar-refractivity contribution is 0.0761. The Morgan fingerprint density at radius 2 is 1.77 bits per heavy atom. The van der Waals surface area contributed by atoms with Gasteiger partial charge in [0, 0.05) is 38.3 Å². The Labute approximate surface area is 132 Å². The largest absolute Gasteiger partial charge is 0.338 e. The maximum Gasteiger partial charge on any atom is 0.317 e. The zero-order valence-electron chi connectivity index (χ0n) is 13.5. The molecule has 1 aromatic rings. The Morgan fingerprint density at radius 3 is 2.50 bits per heavy atom. The summed E-state index contributed by atoms with van der Waals surface area (Å²) in [5.41, 5.74) is 1.75. The fourth-order valence-corrected chi connectivity index (χ4v) is 2.65. The Kier molecular flexibility index (Phi) is 5.81.